The summed E-state index contributed by atoms with van der Waals surface area (Å²) in [5.41, 5.74) is 1.12. The first-order valence-corrected chi connectivity index (χ1v) is 6.80. The number of likely N-dealkylation sites (tertiary alicyclic amines) is 1. The smallest absolute Gasteiger partial charge is 0.410 e. The monoisotopic (exact) mass is 273 g/mol. The second-order valence-corrected chi connectivity index (χ2v) is 4.90. The molecule has 1 aliphatic heterocycles. The van der Waals surface area contributed by atoms with Crippen LogP contribution in [0, 0.1) is 0 Å². The summed E-state index contributed by atoms with van der Waals surface area (Å²) >= 11 is 0. The first-order chi connectivity index (χ1) is 9.70. The van der Waals surface area contributed by atoms with Gasteiger partial charge in [-0.1, -0.05) is 43.0 Å². The summed E-state index contributed by atoms with van der Waals surface area (Å²) < 4.78 is 5.09. The molecule has 106 valence electrons. The largest absolute Gasteiger partial charge is 0.445 e. The lowest BCUT2D eigenvalue weighted by atomic mass is 9.95. The molecule has 1 atom stereocenters. The van der Waals surface area contributed by atoms with Crippen molar-refractivity contribution in [3.63, 3.8) is 0 Å². The molecule has 0 unspecified atom stereocenters. The third kappa shape index (κ3) is 3.70. The molecule has 0 radical (unpaired) electrons. The van der Waals surface area contributed by atoms with Gasteiger partial charge in [-0.05, 0) is 12.0 Å². The molecule has 0 N–H and O–H groups in total. The fraction of sp³-hybridized carbons (Fsp3) is 0.375. The van der Waals surface area contributed by atoms with E-state index >= 15 is 0 Å². The minimum absolute atomic E-state index is 0.115. The molecule has 20 heavy (non-hydrogen) atoms. The Morgan fingerprint density at radius 3 is 2.85 bits per heavy atom. The Hall–Kier alpha value is -2.10. The number of ether oxygens (including phenoxy) is 1. The lowest BCUT2D eigenvalue weighted by Crippen LogP contribution is -2.47. The Kier molecular flexibility index (Phi) is 4.93. The number of carbonyl (C=O) groups excluding carboxylic acids is 2. The highest BCUT2D eigenvalue weighted by Gasteiger charge is 2.31. The molecule has 0 spiro atoms. The van der Waals surface area contributed by atoms with Gasteiger partial charge < -0.3 is 9.64 Å². The van der Waals surface area contributed by atoms with E-state index in [0.29, 0.717) is 25.8 Å². The molecule has 0 aliphatic carbocycles. The molecule has 1 fully saturated rings. The van der Waals surface area contributed by atoms with Crippen molar-refractivity contribution >= 4 is 11.9 Å². The van der Waals surface area contributed by atoms with Gasteiger partial charge in [0.15, 0.2) is 0 Å². The van der Waals surface area contributed by atoms with Gasteiger partial charge in [-0.25, -0.2) is 4.79 Å². The van der Waals surface area contributed by atoms with E-state index in [1.165, 1.54) is 0 Å². The quantitative estimate of drug-likeness (QED) is 0.792. The summed E-state index contributed by atoms with van der Waals surface area (Å²) in [7, 11) is 0. The number of piperidine rings is 1. The van der Waals surface area contributed by atoms with Gasteiger partial charge in [0, 0.05) is 25.4 Å². The van der Waals surface area contributed by atoms with E-state index in [2.05, 4.69) is 6.58 Å². The number of Topliss-reactive ketones (excluding diaryl/α,β-unsaturated/α-hetero) is 1. The maximum absolute atomic E-state index is 12.0. The van der Waals surface area contributed by atoms with Crippen LogP contribution in [0.4, 0.5) is 4.79 Å². The third-order valence-corrected chi connectivity index (χ3v) is 3.41. The summed E-state index contributed by atoms with van der Waals surface area (Å²) in [5.74, 6) is 0.207. The summed E-state index contributed by atoms with van der Waals surface area (Å²) in [5, 5.41) is 0. The number of carbonyl (C=O) groups is 2. The highest BCUT2D eigenvalue weighted by molar-refractivity contribution is 5.82. The zero-order valence-electron chi connectivity index (χ0n) is 11.5. The predicted molar refractivity (Wildman–Crippen MR) is 76.4 cm³/mol. The van der Waals surface area contributed by atoms with Crippen LogP contribution in [0.2, 0.25) is 0 Å². The van der Waals surface area contributed by atoms with Crippen LogP contribution in [0.5, 0.6) is 0 Å². The van der Waals surface area contributed by atoms with Crippen molar-refractivity contribution < 1.29 is 14.3 Å². The molecule has 0 bridgehead atoms. The minimum atomic E-state index is -0.363. The van der Waals surface area contributed by atoms with Crippen molar-refractivity contribution in [2.24, 2.45) is 0 Å². The number of hydrogen-bond donors (Lipinski definition) is 0. The van der Waals surface area contributed by atoms with Gasteiger partial charge in [0.25, 0.3) is 0 Å². The van der Waals surface area contributed by atoms with E-state index in [1.807, 2.05) is 30.3 Å². The summed E-state index contributed by atoms with van der Waals surface area (Å²) in [6.07, 6.45) is 2.67. The van der Waals surface area contributed by atoms with Gasteiger partial charge >= 0.3 is 6.09 Å². The lowest BCUT2D eigenvalue weighted by molar-refractivity contribution is -0.122. The summed E-state index contributed by atoms with van der Waals surface area (Å²) in [6.45, 7) is 4.16. The van der Waals surface area contributed by atoms with E-state index in [0.717, 1.165) is 5.56 Å². The van der Waals surface area contributed by atoms with Crippen molar-refractivity contribution in [1.82, 2.24) is 4.90 Å². The van der Waals surface area contributed by atoms with Crippen LogP contribution in [0.1, 0.15) is 18.4 Å². The van der Waals surface area contributed by atoms with Gasteiger partial charge in [-0.15, -0.1) is 0 Å². The molecule has 4 heteroatoms. The first-order valence-electron chi connectivity index (χ1n) is 6.80. The molecular weight excluding hydrogens is 254 g/mol. The number of benzene rings is 1. The second-order valence-electron chi connectivity index (χ2n) is 4.90. The van der Waals surface area contributed by atoms with Gasteiger partial charge in [-0.2, -0.15) is 0 Å². The van der Waals surface area contributed by atoms with Gasteiger partial charge in [0.1, 0.15) is 12.4 Å². The average molecular weight is 273 g/mol. The average Bonchev–Trinajstić information content (AvgIpc) is 2.46. The topological polar surface area (TPSA) is 46.6 Å². The number of nitrogens with zero attached hydrogens (tertiary/aromatic N) is 1. The number of hydrogen-bond acceptors (Lipinski definition) is 3. The molecule has 1 aromatic rings. The van der Waals surface area contributed by atoms with Crippen molar-refractivity contribution in [3.05, 3.63) is 48.6 Å². The second kappa shape index (κ2) is 6.89. The SMILES string of the molecule is C=CCOC(=O)N1CCC(=O)C[C@H]1Cc1ccccc1. The highest BCUT2D eigenvalue weighted by Crippen LogP contribution is 2.19. The van der Waals surface area contributed by atoms with Gasteiger partial charge in [0.05, 0.1) is 0 Å². The normalized spacial score (nSPS) is 18.7. The third-order valence-electron chi connectivity index (χ3n) is 3.41. The van der Waals surface area contributed by atoms with Gasteiger partial charge in [0.2, 0.25) is 0 Å². The fourth-order valence-corrected chi connectivity index (χ4v) is 2.42. The van der Waals surface area contributed by atoms with Crippen molar-refractivity contribution in [3.8, 4) is 0 Å². The standard InChI is InChI=1S/C16H19NO3/c1-2-10-20-16(19)17-9-8-15(18)12-14(17)11-13-6-4-3-5-7-13/h2-7,14H,1,8-12H2/t14-/m1/s1. The Bertz CT molecular complexity index is 484. The first kappa shape index (κ1) is 14.3. The van der Waals surface area contributed by atoms with Crippen LogP contribution in [0.3, 0.4) is 0 Å². The Morgan fingerprint density at radius 1 is 1.40 bits per heavy atom. The lowest BCUT2D eigenvalue weighted by Gasteiger charge is -2.34. The Balaban J connectivity index is 2.06. The number of amides is 1. The molecule has 1 heterocycles. The van der Waals surface area contributed by atoms with Crippen LogP contribution in [0.15, 0.2) is 43.0 Å². The van der Waals surface area contributed by atoms with Crippen molar-refractivity contribution in [2.75, 3.05) is 13.2 Å². The molecule has 1 aromatic carbocycles. The number of rotatable bonds is 4. The van der Waals surface area contributed by atoms with E-state index in [1.54, 1.807) is 11.0 Å². The zero-order chi connectivity index (χ0) is 14.4. The van der Waals surface area contributed by atoms with Crippen molar-refractivity contribution in [1.29, 1.82) is 0 Å². The summed E-state index contributed by atoms with van der Waals surface area (Å²) in [6, 6.07) is 9.77. The molecular formula is C16H19NO3. The molecule has 1 saturated heterocycles. The maximum atomic E-state index is 12.0. The molecule has 1 aliphatic rings. The van der Waals surface area contributed by atoms with Crippen LogP contribution in [-0.2, 0) is 16.0 Å². The van der Waals surface area contributed by atoms with Crippen LogP contribution < -0.4 is 0 Å². The van der Waals surface area contributed by atoms with Crippen LogP contribution >= 0.6 is 0 Å². The Morgan fingerprint density at radius 2 is 2.15 bits per heavy atom. The van der Waals surface area contributed by atoms with Crippen molar-refractivity contribution in [2.45, 2.75) is 25.3 Å². The Labute approximate surface area is 119 Å². The molecule has 0 saturated carbocycles. The predicted octanol–water partition coefficient (Wildman–Crippen LogP) is 2.59. The maximum Gasteiger partial charge on any atom is 0.410 e. The minimum Gasteiger partial charge on any atom is -0.445 e. The van der Waals surface area contributed by atoms with E-state index < -0.39 is 0 Å². The molecule has 1 amide bonds. The van der Waals surface area contributed by atoms with Crippen LogP contribution in [0.25, 0.3) is 0 Å². The fourth-order valence-electron chi connectivity index (χ4n) is 2.42. The van der Waals surface area contributed by atoms with Gasteiger partial charge in [-0.3, -0.25) is 4.79 Å². The molecule has 2 rings (SSSR count). The molecule has 4 nitrogen and oxygen atoms in total. The van der Waals surface area contributed by atoms with E-state index in [9.17, 15) is 9.59 Å². The van der Waals surface area contributed by atoms with Crippen LogP contribution in [-0.4, -0.2) is 36.0 Å². The number of ketones is 1. The zero-order valence-corrected chi connectivity index (χ0v) is 11.5. The highest BCUT2D eigenvalue weighted by atomic mass is 16.6. The summed E-state index contributed by atoms with van der Waals surface area (Å²) in [4.78, 5) is 25.3. The molecule has 0 aromatic heterocycles. The van der Waals surface area contributed by atoms with E-state index in [4.69, 9.17) is 4.74 Å². The van der Waals surface area contributed by atoms with E-state index in [-0.39, 0.29) is 24.5 Å².